The van der Waals surface area contributed by atoms with Crippen LogP contribution in [0.1, 0.15) is 23.2 Å². The number of rotatable bonds is 4. The molecule has 19 heavy (non-hydrogen) atoms. The van der Waals surface area contributed by atoms with Gasteiger partial charge in [0.1, 0.15) is 0 Å². The number of amides is 1. The second kappa shape index (κ2) is 7.03. The van der Waals surface area contributed by atoms with E-state index < -0.39 is 6.10 Å². The molecule has 2 rings (SSSR count). The summed E-state index contributed by atoms with van der Waals surface area (Å²) in [6.07, 6.45) is 1.22. The quantitative estimate of drug-likeness (QED) is 0.888. The summed E-state index contributed by atoms with van der Waals surface area (Å²) in [6.45, 7) is 1.68. The Morgan fingerprint density at radius 3 is 2.63 bits per heavy atom. The van der Waals surface area contributed by atoms with Crippen LogP contribution in [0, 0.1) is 5.92 Å². The van der Waals surface area contributed by atoms with Crippen LogP contribution in [0.2, 0.25) is 0 Å². The van der Waals surface area contributed by atoms with Crippen molar-refractivity contribution in [3.63, 3.8) is 0 Å². The Bertz CT molecular complexity index is 415. The van der Waals surface area contributed by atoms with Crippen molar-refractivity contribution in [3.8, 4) is 0 Å². The third-order valence-electron chi connectivity index (χ3n) is 3.39. The van der Waals surface area contributed by atoms with Gasteiger partial charge in [-0.05, 0) is 43.0 Å². The van der Waals surface area contributed by atoms with Crippen molar-refractivity contribution >= 4 is 21.8 Å². The smallest absolute Gasteiger partial charge is 0.251 e. The summed E-state index contributed by atoms with van der Waals surface area (Å²) >= 11 is 3.33. The highest BCUT2D eigenvalue weighted by Crippen LogP contribution is 2.18. The van der Waals surface area contributed by atoms with Crippen LogP contribution in [0.15, 0.2) is 28.7 Å². The van der Waals surface area contributed by atoms with Crippen molar-refractivity contribution in [2.24, 2.45) is 5.92 Å². The van der Waals surface area contributed by atoms with Crippen molar-refractivity contribution < 1.29 is 14.6 Å². The van der Waals surface area contributed by atoms with Crippen molar-refractivity contribution in [2.45, 2.75) is 18.9 Å². The maximum absolute atomic E-state index is 11.9. The minimum Gasteiger partial charge on any atom is -0.391 e. The van der Waals surface area contributed by atoms with Gasteiger partial charge in [-0.1, -0.05) is 15.9 Å². The van der Waals surface area contributed by atoms with Gasteiger partial charge in [0.05, 0.1) is 6.10 Å². The van der Waals surface area contributed by atoms with E-state index in [1.54, 1.807) is 12.1 Å². The second-order valence-electron chi connectivity index (χ2n) is 4.73. The first-order valence-corrected chi connectivity index (χ1v) is 7.25. The van der Waals surface area contributed by atoms with E-state index in [9.17, 15) is 9.90 Å². The molecule has 1 amide bonds. The topological polar surface area (TPSA) is 58.6 Å². The summed E-state index contributed by atoms with van der Waals surface area (Å²) in [6, 6.07) is 7.15. The van der Waals surface area contributed by atoms with Gasteiger partial charge >= 0.3 is 0 Å². The Balaban J connectivity index is 1.81. The Morgan fingerprint density at radius 1 is 1.37 bits per heavy atom. The molecule has 0 saturated carbocycles. The molecule has 1 heterocycles. The monoisotopic (exact) mass is 327 g/mol. The molecule has 0 spiro atoms. The molecule has 0 aliphatic carbocycles. The Labute approximate surface area is 121 Å². The highest BCUT2D eigenvalue weighted by atomic mass is 79.9. The lowest BCUT2D eigenvalue weighted by atomic mass is 9.94. The third-order valence-corrected chi connectivity index (χ3v) is 3.92. The van der Waals surface area contributed by atoms with Gasteiger partial charge in [0.25, 0.3) is 5.91 Å². The fraction of sp³-hybridized carbons (Fsp3) is 0.500. The lowest BCUT2D eigenvalue weighted by molar-refractivity contribution is 0.00873. The Hall–Kier alpha value is -0.910. The molecular weight excluding hydrogens is 310 g/mol. The third kappa shape index (κ3) is 4.30. The molecule has 5 heteroatoms. The number of benzene rings is 1. The lowest BCUT2D eigenvalue weighted by Gasteiger charge is -2.26. The number of nitrogens with one attached hydrogen (secondary N) is 1. The van der Waals surface area contributed by atoms with Gasteiger partial charge in [-0.15, -0.1) is 0 Å². The highest BCUT2D eigenvalue weighted by Gasteiger charge is 2.22. The first-order valence-electron chi connectivity index (χ1n) is 6.46. The average Bonchev–Trinajstić information content (AvgIpc) is 2.46. The predicted molar refractivity (Wildman–Crippen MR) is 76.0 cm³/mol. The molecule has 0 unspecified atom stereocenters. The molecule has 1 aliphatic rings. The van der Waals surface area contributed by atoms with Crippen LogP contribution in [0.25, 0.3) is 0 Å². The van der Waals surface area contributed by atoms with E-state index in [0.717, 1.165) is 17.3 Å². The first kappa shape index (κ1) is 14.5. The molecule has 0 radical (unpaired) electrons. The first-order chi connectivity index (χ1) is 9.16. The number of aliphatic hydroxyl groups is 1. The molecule has 0 bridgehead atoms. The van der Waals surface area contributed by atoms with Gasteiger partial charge in [-0.25, -0.2) is 0 Å². The number of carbonyl (C=O) groups is 1. The molecule has 0 aromatic heterocycles. The lowest BCUT2D eigenvalue weighted by Crippen LogP contribution is -2.38. The molecule has 1 saturated heterocycles. The number of hydrogen-bond donors (Lipinski definition) is 2. The highest BCUT2D eigenvalue weighted by molar-refractivity contribution is 9.10. The second-order valence-corrected chi connectivity index (χ2v) is 5.65. The molecule has 1 aromatic carbocycles. The zero-order valence-corrected chi connectivity index (χ0v) is 12.2. The molecule has 1 aliphatic heterocycles. The fourth-order valence-corrected chi connectivity index (χ4v) is 2.43. The van der Waals surface area contributed by atoms with E-state index in [2.05, 4.69) is 21.2 Å². The zero-order chi connectivity index (χ0) is 13.7. The minimum absolute atomic E-state index is 0.154. The molecule has 104 valence electrons. The summed E-state index contributed by atoms with van der Waals surface area (Å²) in [5.41, 5.74) is 0.599. The summed E-state index contributed by atoms with van der Waals surface area (Å²) in [4.78, 5) is 11.9. The van der Waals surface area contributed by atoms with Crippen LogP contribution in [-0.4, -0.2) is 36.9 Å². The molecule has 1 fully saturated rings. The largest absolute Gasteiger partial charge is 0.391 e. The predicted octanol–water partition coefficient (Wildman–Crippen LogP) is 1.97. The van der Waals surface area contributed by atoms with Gasteiger partial charge < -0.3 is 15.2 Å². The molecular formula is C14H18BrNO3. The molecule has 2 N–H and O–H groups in total. The maximum atomic E-state index is 11.9. The van der Waals surface area contributed by atoms with Gasteiger partial charge in [0.15, 0.2) is 0 Å². The van der Waals surface area contributed by atoms with Crippen LogP contribution >= 0.6 is 15.9 Å². The van der Waals surface area contributed by atoms with E-state index in [-0.39, 0.29) is 11.8 Å². The SMILES string of the molecule is O=C(NC[C@@H](O)C1CCOCC1)c1ccc(Br)cc1. The van der Waals surface area contributed by atoms with Crippen LogP contribution in [0.3, 0.4) is 0 Å². The summed E-state index contributed by atoms with van der Waals surface area (Å²) in [7, 11) is 0. The van der Waals surface area contributed by atoms with Crippen molar-refractivity contribution in [2.75, 3.05) is 19.8 Å². The van der Waals surface area contributed by atoms with Crippen molar-refractivity contribution in [3.05, 3.63) is 34.3 Å². The van der Waals surface area contributed by atoms with Crippen LogP contribution in [0.4, 0.5) is 0 Å². The Morgan fingerprint density at radius 2 is 2.00 bits per heavy atom. The van der Waals surface area contributed by atoms with Crippen LogP contribution in [0.5, 0.6) is 0 Å². The summed E-state index contributed by atoms with van der Waals surface area (Å²) in [5, 5.41) is 12.8. The standard InChI is InChI=1S/C14H18BrNO3/c15-12-3-1-11(2-4-12)14(18)16-9-13(17)10-5-7-19-8-6-10/h1-4,10,13,17H,5-9H2,(H,16,18)/t13-/m1/s1. The minimum atomic E-state index is -0.497. The number of hydrogen-bond acceptors (Lipinski definition) is 3. The normalized spacial score (nSPS) is 18.0. The van der Waals surface area contributed by atoms with Gasteiger partial charge in [0.2, 0.25) is 0 Å². The number of halogens is 1. The van der Waals surface area contributed by atoms with E-state index in [4.69, 9.17) is 4.74 Å². The Kier molecular flexibility index (Phi) is 5.36. The number of carbonyl (C=O) groups excluding carboxylic acids is 1. The average molecular weight is 328 g/mol. The number of aliphatic hydroxyl groups excluding tert-OH is 1. The maximum Gasteiger partial charge on any atom is 0.251 e. The zero-order valence-electron chi connectivity index (χ0n) is 10.6. The summed E-state index contributed by atoms with van der Waals surface area (Å²) < 4.78 is 6.19. The van der Waals surface area contributed by atoms with Crippen molar-refractivity contribution in [1.29, 1.82) is 0 Å². The van der Waals surface area contributed by atoms with E-state index >= 15 is 0 Å². The van der Waals surface area contributed by atoms with Gasteiger partial charge in [-0.2, -0.15) is 0 Å². The van der Waals surface area contributed by atoms with E-state index in [1.807, 2.05) is 12.1 Å². The van der Waals surface area contributed by atoms with Gasteiger partial charge in [0, 0.05) is 29.8 Å². The summed E-state index contributed by atoms with van der Waals surface area (Å²) in [5.74, 6) is 0.0672. The van der Waals surface area contributed by atoms with Crippen LogP contribution in [-0.2, 0) is 4.74 Å². The van der Waals surface area contributed by atoms with E-state index in [1.165, 1.54) is 0 Å². The fourth-order valence-electron chi connectivity index (χ4n) is 2.17. The molecule has 1 atom stereocenters. The molecule has 1 aromatic rings. The van der Waals surface area contributed by atoms with E-state index in [0.29, 0.717) is 25.3 Å². The van der Waals surface area contributed by atoms with Crippen LogP contribution < -0.4 is 5.32 Å². The number of ether oxygens (including phenoxy) is 1. The van der Waals surface area contributed by atoms with Gasteiger partial charge in [-0.3, -0.25) is 4.79 Å². The van der Waals surface area contributed by atoms with Crippen molar-refractivity contribution in [1.82, 2.24) is 5.32 Å². The molecule has 4 nitrogen and oxygen atoms in total.